The van der Waals surface area contributed by atoms with Gasteiger partial charge in [-0.2, -0.15) is 0 Å². The average Bonchev–Trinajstić information content (AvgIpc) is 2.31. The molecule has 2 aliphatic carbocycles. The monoisotopic (exact) mass is 291 g/mol. The van der Waals surface area contributed by atoms with Crippen molar-refractivity contribution in [2.45, 2.75) is 60.5 Å². The van der Waals surface area contributed by atoms with Gasteiger partial charge in [0.05, 0.1) is 11.8 Å². The van der Waals surface area contributed by atoms with Crippen LogP contribution in [0.4, 0.5) is 0 Å². The van der Waals surface area contributed by atoms with Gasteiger partial charge in [0.1, 0.15) is 0 Å². The lowest BCUT2D eigenvalue weighted by atomic mass is 9.57. The molecule has 0 aliphatic heterocycles. The third-order valence-electron chi connectivity index (χ3n) is 5.17. The van der Waals surface area contributed by atoms with Crippen LogP contribution in [0.1, 0.15) is 54.4 Å². The molecule has 0 heterocycles. The molecule has 0 aromatic carbocycles. The quantitative estimate of drug-likeness (QED) is 0.433. The number of nitrogens with zero attached hydrogens (tertiary/aromatic N) is 1. The molecule has 3 heteroatoms. The fourth-order valence-electron chi connectivity index (χ4n) is 4.53. The van der Waals surface area contributed by atoms with E-state index in [0.717, 1.165) is 12.8 Å². The van der Waals surface area contributed by atoms with Crippen LogP contribution in [0.5, 0.6) is 0 Å². The van der Waals surface area contributed by atoms with Crippen LogP contribution in [0.15, 0.2) is 28.5 Å². The van der Waals surface area contributed by atoms with E-state index >= 15 is 0 Å². The highest BCUT2D eigenvalue weighted by Crippen LogP contribution is 2.49. The highest BCUT2D eigenvalue weighted by molar-refractivity contribution is 5.98. The molecule has 3 atom stereocenters. The van der Waals surface area contributed by atoms with Crippen LogP contribution < -0.4 is 0 Å². The number of aliphatic hydroxyl groups is 1. The summed E-state index contributed by atoms with van der Waals surface area (Å²) in [6.45, 7) is 12.9. The minimum Gasteiger partial charge on any atom is -0.411 e. The molecule has 0 spiro atoms. The smallest absolute Gasteiger partial charge is 0.0838 e. The summed E-state index contributed by atoms with van der Waals surface area (Å²) in [5.41, 5.74) is 3.07. The van der Waals surface area contributed by atoms with Crippen molar-refractivity contribution in [1.82, 2.24) is 0 Å². The Kier molecular flexibility index (Phi) is 4.09. The topological polar surface area (TPSA) is 52.8 Å². The maximum atomic E-state index is 10.9. The second kappa shape index (κ2) is 5.28. The maximum Gasteiger partial charge on any atom is 0.0838 e. The molecule has 0 aromatic rings. The van der Waals surface area contributed by atoms with Crippen molar-refractivity contribution in [1.29, 1.82) is 0 Å². The Labute approximate surface area is 128 Å². The summed E-state index contributed by atoms with van der Waals surface area (Å²) >= 11 is 0. The number of hydrogen-bond acceptors (Lipinski definition) is 3. The highest BCUT2D eigenvalue weighted by Gasteiger charge is 2.48. The van der Waals surface area contributed by atoms with Crippen LogP contribution in [0.3, 0.4) is 0 Å². The Morgan fingerprint density at radius 3 is 2.19 bits per heavy atom. The number of allylic oxidation sites excluding steroid dienone is 3. The number of rotatable bonds is 1. The lowest BCUT2D eigenvalue weighted by Crippen LogP contribution is -2.49. The van der Waals surface area contributed by atoms with E-state index in [9.17, 15) is 10.3 Å². The summed E-state index contributed by atoms with van der Waals surface area (Å²) in [6, 6.07) is 0. The summed E-state index contributed by atoms with van der Waals surface area (Å²) in [5.74, 6) is 0.0368. The minimum atomic E-state index is -0.422. The molecule has 0 saturated carbocycles. The summed E-state index contributed by atoms with van der Waals surface area (Å²) < 4.78 is 0. The van der Waals surface area contributed by atoms with Gasteiger partial charge < -0.3 is 10.3 Å². The van der Waals surface area contributed by atoms with E-state index in [-0.39, 0.29) is 22.7 Å². The Morgan fingerprint density at radius 1 is 1.05 bits per heavy atom. The van der Waals surface area contributed by atoms with Gasteiger partial charge in [-0.3, -0.25) is 0 Å². The number of oxime groups is 1. The van der Waals surface area contributed by atoms with Gasteiger partial charge >= 0.3 is 0 Å². The Balaban J connectivity index is 2.50. The Hall–Kier alpha value is -1.09. The Morgan fingerprint density at radius 2 is 1.62 bits per heavy atom. The first-order valence-electron chi connectivity index (χ1n) is 7.83. The normalized spacial score (nSPS) is 37.1. The van der Waals surface area contributed by atoms with E-state index in [0.29, 0.717) is 5.71 Å². The van der Waals surface area contributed by atoms with E-state index in [4.69, 9.17) is 0 Å². The van der Waals surface area contributed by atoms with E-state index in [2.05, 4.69) is 52.8 Å². The lowest BCUT2D eigenvalue weighted by molar-refractivity contribution is -0.0191. The maximum absolute atomic E-state index is 10.9. The van der Waals surface area contributed by atoms with Crippen molar-refractivity contribution in [2.24, 2.45) is 27.8 Å². The molecule has 0 bridgehead atoms. The summed E-state index contributed by atoms with van der Waals surface area (Å²) in [5, 5.41) is 23.9. The van der Waals surface area contributed by atoms with Gasteiger partial charge in [-0.05, 0) is 43.6 Å². The molecule has 2 N–H and O–H groups in total. The molecule has 2 aliphatic rings. The van der Waals surface area contributed by atoms with Crippen molar-refractivity contribution in [3.05, 3.63) is 23.3 Å². The van der Waals surface area contributed by atoms with Gasteiger partial charge in [-0.15, -0.1) is 0 Å². The zero-order chi connectivity index (χ0) is 16.0. The van der Waals surface area contributed by atoms with Gasteiger partial charge in [0, 0.05) is 11.8 Å². The number of aliphatic hydroxyl groups excluding tert-OH is 1. The third-order valence-corrected chi connectivity index (χ3v) is 5.17. The molecule has 0 amide bonds. The lowest BCUT2D eigenvalue weighted by Gasteiger charge is -2.48. The number of hydrogen-bond donors (Lipinski definition) is 2. The molecular weight excluding hydrogens is 262 g/mol. The predicted octanol–water partition coefficient (Wildman–Crippen LogP) is 4.16. The van der Waals surface area contributed by atoms with Crippen LogP contribution in [-0.4, -0.2) is 22.1 Å². The van der Waals surface area contributed by atoms with Gasteiger partial charge in [0.2, 0.25) is 0 Å². The second-order valence-corrected chi connectivity index (χ2v) is 8.36. The van der Waals surface area contributed by atoms with Crippen molar-refractivity contribution in [3.63, 3.8) is 0 Å². The van der Waals surface area contributed by atoms with Crippen LogP contribution >= 0.6 is 0 Å². The minimum absolute atomic E-state index is 0.000926. The van der Waals surface area contributed by atoms with E-state index in [1.165, 1.54) is 11.1 Å². The van der Waals surface area contributed by atoms with Gasteiger partial charge in [0.15, 0.2) is 0 Å². The summed E-state index contributed by atoms with van der Waals surface area (Å²) in [6.07, 6.45) is 5.63. The standard InChI is InChI=1S/C18H29NO2/c1-11-7-13(16(20)18(5,6)10-11)15-14(19-21)8-12(2)9-17(15,3)4/h7-8,13,15-16,20-21H,9-10H2,1-6H3/b19-14+/t13-,15-,16-/m0/s1. The summed E-state index contributed by atoms with van der Waals surface area (Å²) in [7, 11) is 0. The molecule has 0 fully saturated rings. The van der Waals surface area contributed by atoms with Crippen molar-refractivity contribution in [2.75, 3.05) is 0 Å². The Bertz CT molecular complexity index is 511. The molecule has 21 heavy (non-hydrogen) atoms. The zero-order valence-electron chi connectivity index (χ0n) is 14.1. The fraction of sp³-hybridized carbons (Fsp3) is 0.722. The van der Waals surface area contributed by atoms with Crippen LogP contribution in [0.2, 0.25) is 0 Å². The van der Waals surface area contributed by atoms with Crippen molar-refractivity contribution in [3.8, 4) is 0 Å². The van der Waals surface area contributed by atoms with E-state index < -0.39 is 6.10 Å². The first kappa shape index (κ1) is 16.3. The molecule has 118 valence electrons. The molecule has 0 radical (unpaired) electrons. The highest BCUT2D eigenvalue weighted by atomic mass is 16.4. The molecule has 0 unspecified atom stereocenters. The molecule has 3 nitrogen and oxygen atoms in total. The van der Waals surface area contributed by atoms with Crippen molar-refractivity contribution < 1.29 is 10.3 Å². The average molecular weight is 291 g/mol. The fourth-order valence-corrected chi connectivity index (χ4v) is 4.53. The van der Waals surface area contributed by atoms with Crippen LogP contribution in [-0.2, 0) is 0 Å². The van der Waals surface area contributed by atoms with Gasteiger partial charge in [-0.1, -0.05) is 50.1 Å². The molecule has 0 aromatic heterocycles. The summed E-state index contributed by atoms with van der Waals surface area (Å²) in [4.78, 5) is 0. The van der Waals surface area contributed by atoms with Gasteiger partial charge in [0.25, 0.3) is 0 Å². The zero-order valence-corrected chi connectivity index (χ0v) is 14.1. The molecule has 2 rings (SSSR count). The molecular formula is C18H29NO2. The van der Waals surface area contributed by atoms with E-state index in [1.54, 1.807) is 0 Å². The predicted molar refractivity (Wildman–Crippen MR) is 86.5 cm³/mol. The largest absolute Gasteiger partial charge is 0.411 e. The first-order valence-corrected chi connectivity index (χ1v) is 7.83. The second-order valence-electron chi connectivity index (χ2n) is 8.36. The SMILES string of the molecule is CC1=C/C(=N\O)[C@H]([C@@H]2C=C(C)CC(C)(C)[C@H]2O)C(C)(C)C1. The molecule has 0 saturated heterocycles. The van der Waals surface area contributed by atoms with Crippen LogP contribution in [0.25, 0.3) is 0 Å². The van der Waals surface area contributed by atoms with Crippen LogP contribution in [0, 0.1) is 22.7 Å². The van der Waals surface area contributed by atoms with Crippen molar-refractivity contribution >= 4 is 5.71 Å². The first-order chi connectivity index (χ1) is 9.58. The van der Waals surface area contributed by atoms with Gasteiger partial charge in [-0.25, -0.2) is 0 Å². The third kappa shape index (κ3) is 2.94. The van der Waals surface area contributed by atoms with E-state index in [1.807, 2.05) is 6.08 Å².